The van der Waals surface area contributed by atoms with E-state index in [1.165, 1.54) is 0 Å². The van der Waals surface area contributed by atoms with E-state index in [9.17, 15) is 9.59 Å². The Hall–Kier alpha value is -0.900. The Morgan fingerprint density at radius 2 is 1.61 bits per heavy atom. The Morgan fingerprint density at radius 1 is 1.06 bits per heavy atom. The quantitative estimate of drug-likeness (QED) is 0.756. The van der Waals surface area contributed by atoms with Gasteiger partial charge in [0.05, 0.1) is 6.54 Å². The number of amides is 1. The van der Waals surface area contributed by atoms with E-state index in [0.717, 1.165) is 39.0 Å². The summed E-state index contributed by atoms with van der Waals surface area (Å²) in [4.78, 5) is 28.0. The minimum Gasteiger partial charge on any atom is -0.340 e. The molecular weight excluding hydrogens is 228 g/mol. The lowest BCUT2D eigenvalue weighted by Crippen LogP contribution is -2.51. The van der Waals surface area contributed by atoms with Gasteiger partial charge in [-0.15, -0.1) is 0 Å². The number of hydrogen-bond donors (Lipinski definition) is 0. The molecule has 0 aromatic carbocycles. The van der Waals surface area contributed by atoms with E-state index in [1.54, 1.807) is 0 Å². The normalized spacial score (nSPS) is 22.1. The molecule has 0 atom stereocenters. The van der Waals surface area contributed by atoms with Crippen molar-refractivity contribution in [2.24, 2.45) is 11.3 Å². The van der Waals surface area contributed by atoms with Gasteiger partial charge >= 0.3 is 0 Å². The molecule has 4 nitrogen and oxygen atoms in total. The summed E-state index contributed by atoms with van der Waals surface area (Å²) in [6.45, 7) is 9.64. The largest absolute Gasteiger partial charge is 0.340 e. The number of nitrogens with zero attached hydrogens (tertiary/aromatic N) is 2. The smallest absolute Gasteiger partial charge is 0.225 e. The van der Waals surface area contributed by atoms with E-state index < -0.39 is 0 Å². The van der Waals surface area contributed by atoms with Crippen LogP contribution in [0.2, 0.25) is 0 Å². The maximum absolute atomic E-state index is 11.9. The van der Waals surface area contributed by atoms with Gasteiger partial charge in [-0.2, -0.15) is 0 Å². The summed E-state index contributed by atoms with van der Waals surface area (Å²) >= 11 is 0. The summed E-state index contributed by atoms with van der Waals surface area (Å²) in [6, 6.07) is 0. The number of rotatable bonds is 3. The first-order valence-electron chi connectivity index (χ1n) is 6.92. The zero-order valence-electron chi connectivity index (χ0n) is 11.7. The van der Waals surface area contributed by atoms with Gasteiger partial charge in [0.25, 0.3) is 0 Å². The first kappa shape index (κ1) is 13.5. The summed E-state index contributed by atoms with van der Waals surface area (Å²) in [5.74, 6) is 0.925. The molecule has 1 amide bonds. The molecule has 2 aliphatic rings. The molecule has 4 heteroatoms. The van der Waals surface area contributed by atoms with Crippen LogP contribution in [0.15, 0.2) is 0 Å². The second-order valence-corrected chi connectivity index (χ2v) is 6.55. The standard InChI is InChI=1S/C14H24N2O2/c1-14(2,3)12(17)10-15-6-8-16(9-7-15)13(18)11-4-5-11/h11H,4-10H2,1-3H3. The molecule has 0 aromatic heterocycles. The Kier molecular flexibility index (Phi) is 3.76. The molecule has 1 heterocycles. The van der Waals surface area contributed by atoms with Gasteiger partial charge in [0.15, 0.2) is 5.78 Å². The molecule has 1 aliphatic heterocycles. The zero-order valence-corrected chi connectivity index (χ0v) is 11.7. The lowest BCUT2D eigenvalue weighted by molar-refractivity contribution is -0.135. The molecule has 1 saturated heterocycles. The summed E-state index contributed by atoms with van der Waals surface area (Å²) < 4.78 is 0. The molecule has 102 valence electrons. The van der Waals surface area contributed by atoms with E-state index in [1.807, 2.05) is 25.7 Å². The van der Waals surface area contributed by atoms with Crippen molar-refractivity contribution in [3.05, 3.63) is 0 Å². The van der Waals surface area contributed by atoms with Crippen LogP contribution in [0.4, 0.5) is 0 Å². The molecule has 2 rings (SSSR count). The van der Waals surface area contributed by atoms with Crippen LogP contribution in [0.1, 0.15) is 33.6 Å². The second-order valence-electron chi connectivity index (χ2n) is 6.55. The molecule has 0 N–H and O–H groups in total. The summed E-state index contributed by atoms with van der Waals surface area (Å²) in [5.41, 5.74) is -0.263. The monoisotopic (exact) mass is 252 g/mol. The number of hydrogen-bond acceptors (Lipinski definition) is 3. The Morgan fingerprint density at radius 3 is 2.06 bits per heavy atom. The van der Waals surface area contributed by atoms with E-state index in [2.05, 4.69) is 4.90 Å². The first-order valence-corrected chi connectivity index (χ1v) is 6.92. The predicted octanol–water partition coefficient (Wildman–Crippen LogP) is 1.16. The lowest BCUT2D eigenvalue weighted by Gasteiger charge is -2.35. The fourth-order valence-electron chi connectivity index (χ4n) is 2.16. The average Bonchev–Trinajstić information content (AvgIpc) is 3.11. The van der Waals surface area contributed by atoms with Crippen LogP contribution in [0.5, 0.6) is 0 Å². The number of carbonyl (C=O) groups is 2. The average molecular weight is 252 g/mol. The van der Waals surface area contributed by atoms with Crippen molar-refractivity contribution < 1.29 is 9.59 Å². The van der Waals surface area contributed by atoms with Crippen molar-refractivity contribution in [2.45, 2.75) is 33.6 Å². The van der Waals surface area contributed by atoms with Crippen LogP contribution in [-0.4, -0.2) is 54.2 Å². The third-order valence-electron chi connectivity index (χ3n) is 3.81. The molecule has 1 aliphatic carbocycles. The summed E-state index contributed by atoms with van der Waals surface area (Å²) in [6.07, 6.45) is 2.14. The van der Waals surface area contributed by atoms with Crippen molar-refractivity contribution in [1.29, 1.82) is 0 Å². The van der Waals surface area contributed by atoms with Gasteiger partial charge in [-0.1, -0.05) is 20.8 Å². The van der Waals surface area contributed by atoms with E-state index in [0.29, 0.717) is 18.4 Å². The molecule has 2 fully saturated rings. The fraction of sp³-hybridized carbons (Fsp3) is 0.857. The highest BCUT2D eigenvalue weighted by Gasteiger charge is 2.35. The van der Waals surface area contributed by atoms with Crippen molar-refractivity contribution in [1.82, 2.24) is 9.80 Å². The summed E-state index contributed by atoms with van der Waals surface area (Å²) in [7, 11) is 0. The molecule has 0 bridgehead atoms. The van der Waals surface area contributed by atoms with Crippen LogP contribution >= 0.6 is 0 Å². The number of Topliss-reactive ketones (excluding diaryl/α,β-unsaturated/α-hetero) is 1. The highest BCUT2D eigenvalue weighted by molar-refractivity contribution is 5.85. The molecule has 0 aromatic rings. The molecule has 1 saturated carbocycles. The maximum atomic E-state index is 11.9. The van der Waals surface area contributed by atoms with Gasteiger partial charge in [-0.3, -0.25) is 14.5 Å². The Labute approximate surface area is 109 Å². The highest BCUT2D eigenvalue weighted by atomic mass is 16.2. The highest BCUT2D eigenvalue weighted by Crippen LogP contribution is 2.31. The van der Waals surface area contributed by atoms with E-state index in [4.69, 9.17) is 0 Å². The van der Waals surface area contributed by atoms with Gasteiger partial charge in [0, 0.05) is 37.5 Å². The topological polar surface area (TPSA) is 40.6 Å². The second kappa shape index (κ2) is 5.00. The minimum absolute atomic E-state index is 0.263. The Bertz CT molecular complexity index is 334. The van der Waals surface area contributed by atoms with Crippen LogP contribution < -0.4 is 0 Å². The minimum atomic E-state index is -0.263. The van der Waals surface area contributed by atoms with Crippen molar-refractivity contribution in [3.8, 4) is 0 Å². The predicted molar refractivity (Wildman–Crippen MR) is 70.2 cm³/mol. The number of carbonyl (C=O) groups excluding carboxylic acids is 2. The van der Waals surface area contributed by atoms with E-state index >= 15 is 0 Å². The van der Waals surface area contributed by atoms with Crippen LogP contribution in [-0.2, 0) is 9.59 Å². The Balaban J connectivity index is 1.76. The third kappa shape index (κ3) is 3.31. The first-order chi connectivity index (χ1) is 8.38. The zero-order chi connectivity index (χ0) is 13.3. The molecule has 0 radical (unpaired) electrons. The van der Waals surface area contributed by atoms with Crippen molar-refractivity contribution in [2.75, 3.05) is 32.7 Å². The maximum Gasteiger partial charge on any atom is 0.225 e. The fourth-order valence-corrected chi connectivity index (χ4v) is 2.16. The van der Waals surface area contributed by atoms with Crippen molar-refractivity contribution in [3.63, 3.8) is 0 Å². The van der Waals surface area contributed by atoms with Crippen LogP contribution in [0, 0.1) is 11.3 Å². The van der Waals surface area contributed by atoms with Gasteiger partial charge in [-0.25, -0.2) is 0 Å². The van der Waals surface area contributed by atoms with Gasteiger partial charge in [0.2, 0.25) is 5.91 Å². The van der Waals surface area contributed by atoms with Gasteiger partial charge in [0.1, 0.15) is 0 Å². The lowest BCUT2D eigenvalue weighted by atomic mass is 9.90. The van der Waals surface area contributed by atoms with Crippen molar-refractivity contribution >= 4 is 11.7 Å². The molecular formula is C14H24N2O2. The van der Waals surface area contributed by atoms with E-state index in [-0.39, 0.29) is 11.2 Å². The molecule has 0 spiro atoms. The molecule has 18 heavy (non-hydrogen) atoms. The molecule has 0 unspecified atom stereocenters. The number of ketones is 1. The van der Waals surface area contributed by atoms with Gasteiger partial charge in [-0.05, 0) is 12.8 Å². The number of piperazine rings is 1. The SMILES string of the molecule is CC(C)(C)C(=O)CN1CCN(C(=O)C2CC2)CC1. The third-order valence-corrected chi connectivity index (χ3v) is 3.81. The van der Waals surface area contributed by atoms with Crippen LogP contribution in [0.3, 0.4) is 0 Å². The summed E-state index contributed by atoms with van der Waals surface area (Å²) in [5, 5.41) is 0. The van der Waals surface area contributed by atoms with Crippen LogP contribution in [0.25, 0.3) is 0 Å². The van der Waals surface area contributed by atoms with Gasteiger partial charge < -0.3 is 4.90 Å².